The maximum absolute atomic E-state index is 14.5. The fourth-order valence-electron chi connectivity index (χ4n) is 6.84. The van der Waals surface area contributed by atoms with Gasteiger partial charge in [0.15, 0.2) is 5.79 Å². The van der Waals surface area contributed by atoms with Crippen molar-refractivity contribution in [3.05, 3.63) is 83.3 Å². The lowest BCUT2D eigenvalue weighted by Gasteiger charge is -2.45. The summed E-state index contributed by atoms with van der Waals surface area (Å²) in [4.78, 5) is 32.7. The average molecular weight is 671 g/mol. The molecule has 2 aromatic rings. The summed E-state index contributed by atoms with van der Waals surface area (Å²) in [6, 6.07) is 16.2. The SMILES string of the molecule is C=C1N(/N=C(/C)CCC)C(CCC)=C(Cc2ccc(-c3ccccc3/C(C)=N/OC(C)=O)cc2)C(=O)N1C1CCC2(CC1)OCCO2.CC. The molecule has 3 aliphatic rings. The molecule has 1 aliphatic carbocycles. The number of oxime groups is 1. The fourth-order valence-corrected chi connectivity index (χ4v) is 6.84. The van der Waals surface area contributed by atoms with E-state index in [4.69, 9.17) is 19.4 Å². The van der Waals surface area contributed by atoms with Gasteiger partial charge in [0.1, 0.15) is 5.82 Å². The summed E-state index contributed by atoms with van der Waals surface area (Å²) in [6.45, 7) is 19.2. The van der Waals surface area contributed by atoms with Crippen LogP contribution in [0.25, 0.3) is 11.1 Å². The molecule has 0 aromatic heterocycles. The quantitative estimate of drug-likeness (QED) is 0.135. The first-order valence-corrected chi connectivity index (χ1v) is 17.9. The standard InChI is InChI=1S/C38H48N4O5.C2H6/c1-7-11-26(3)39-42-28(5)41(32-19-21-38(22-20-32)45-23-24-46-38)37(44)35(36(42)12-8-2)25-30-15-17-31(18-16-30)34-14-10-9-13-33(34)27(4)40-47-29(6)43;1-2/h9-10,13-18,32H,5,7-8,11-12,19-25H2,1-4,6H3;1-2H3/b39-26-,40-27+;. The molecule has 264 valence electrons. The first-order valence-electron chi connectivity index (χ1n) is 17.9. The summed E-state index contributed by atoms with van der Waals surface area (Å²) in [5.74, 6) is -0.330. The van der Waals surface area contributed by atoms with E-state index < -0.39 is 11.8 Å². The van der Waals surface area contributed by atoms with Crippen LogP contribution in [0, 0.1) is 0 Å². The lowest BCUT2D eigenvalue weighted by Crippen LogP contribution is -2.51. The predicted octanol–water partition coefficient (Wildman–Crippen LogP) is 8.74. The molecule has 1 saturated carbocycles. The summed E-state index contributed by atoms with van der Waals surface area (Å²) >= 11 is 0. The zero-order valence-corrected chi connectivity index (χ0v) is 30.5. The highest BCUT2D eigenvalue weighted by Crippen LogP contribution is 2.41. The van der Waals surface area contributed by atoms with Crippen LogP contribution in [0.15, 0.2) is 82.5 Å². The Morgan fingerprint density at radius 2 is 1.63 bits per heavy atom. The predicted molar refractivity (Wildman–Crippen MR) is 196 cm³/mol. The van der Waals surface area contributed by atoms with Gasteiger partial charge < -0.3 is 14.3 Å². The number of hydrazone groups is 1. The maximum atomic E-state index is 14.5. The summed E-state index contributed by atoms with van der Waals surface area (Å²) in [7, 11) is 0. The molecule has 9 nitrogen and oxygen atoms in total. The van der Waals surface area contributed by atoms with Crippen molar-refractivity contribution in [3.63, 3.8) is 0 Å². The number of ether oxygens (including phenoxy) is 2. The van der Waals surface area contributed by atoms with Gasteiger partial charge >= 0.3 is 5.97 Å². The molecule has 0 N–H and O–H groups in total. The van der Waals surface area contributed by atoms with Gasteiger partial charge in [-0.1, -0.05) is 101 Å². The molecular weight excluding hydrogens is 616 g/mol. The minimum absolute atomic E-state index is 0.00783. The largest absolute Gasteiger partial charge is 0.348 e. The Labute approximate surface area is 292 Å². The fraction of sp³-hybridized carbons (Fsp3) is 0.500. The Bertz CT molecular complexity index is 1560. The van der Waals surface area contributed by atoms with Crippen molar-refractivity contribution < 1.29 is 23.9 Å². The number of amides is 1. The van der Waals surface area contributed by atoms with E-state index >= 15 is 0 Å². The van der Waals surface area contributed by atoms with Crippen molar-refractivity contribution in [1.82, 2.24) is 9.91 Å². The molecular formula is C40H54N4O5. The third-order valence-corrected chi connectivity index (χ3v) is 9.14. The number of hydrogen-bond acceptors (Lipinski definition) is 8. The topological polar surface area (TPSA) is 93.0 Å². The minimum atomic E-state index is -0.510. The van der Waals surface area contributed by atoms with Gasteiger partial charge in [-0.05, 0) is 56.2 Å². The van der Waals surface area contributed by atoms with E-state index in [9.17, 15) is 9.59 Å². The molecule has 1 amide bonds. The molecule has 5 rings (SSSR count). The second kappa shape index (κ2) is 17.5. The van der Waals surface area contributed by atoms with Crippen molar-refractivity contribution in [1.29, 1.82) is 0 Å². The zero-order chi connectivity index (χ0) is 35.6. The number of allylic oxidation sites excluding steroid dienone is 1. The first kappa shape index (κ1) is 37.7. The van der Waals surface area contributed by atoms with E-state index in [2.05, 4.69) is 56.8 Å². The Hall–Kier alpha value is -4.08. The summed E-state index contributed by atoms with van der Waals surface area (Å²) in [5.41, 5.74) is 7.21. The molecule has 0 atom stereocenters. The number of benzene rings is 2. The molecule has 2 aromatic carbocycles. The highest BCUT2D eigenvalue weighted by Gasteiger charge is 2.45. The lowest BCUT2D eigenvalue weighted by molar-refractivity contribution is -0.184. The van der Waals surface area contributed by atoms with E-state index in [0.29, 0.717) is 31.2 Å². The van der Waals surface area contributed by atoms with Gasteiger partial charge in [-0.15, -0.1) is 0 Å². The van der Waals surface area contributed by atoms with Crippen LogP contribution < -0.4 is 0 Å². The highest BCUT2D eigenvalue weighted by molar-refractivity contribution is 6.04. The monoisotopic (exact) mass is 670 g/mol. The molecule has 0 unspecified atom stereocenters. The third-order valence-electron chi connectivity index (χ3n) is 9.14. The minimum Gasteiger partial charge on any atom is -0.348 e. The summed E-state index contributed by atoms with van der Waals surface area (Å²) < 4.78 is 12.0. The Morgan fingerprint density at radius 3 is 2.24 bits per heavy atom. The van der Waals surface area contributed by atoms with Crippen LogP contribution in [0.1, 0.15) is 111 Å². The maximum Gasteiger partial charge on any atom is 0.331 e. The molecule has 2 fully saturated rings. The first-order chi connectivity index (χ1) is 23.7. The van der Waals surface area contributed by atoms with Crippen LogP contribution in [-0.2, 0) is 30.3 Å². The average Bonchev–Trinajstić information content (AvgIpc) is 3.57. The zero-order valence-electron chi connectivity index (χ0n) is 30.5. The summed E-state index contributed by atoms with van der Waals surface area (Å²) in [6.07, 6.45) is 7.01. The van der Waals surface area contributed by atoms with E-state index in [-0.39, 0.29) is 11.9 Å². The molecule has 9 heteroatoms. The van der Waals surface area contributed by atoms with Crippen molar-refractivity contribution in [2.75, 3.05) is 13.2 Å². The molecule has 0 radical (unpaired) electrons. The van der Waals surface area contributed by atoms with Gasteiger partial charge in [0.25, 0.3) is 5.91 Å². The van der Waals surface area contributed by atoms with Gasteiger partial charge in [-0.2, -0.15) is 5.10 Å². The van der Waals surface area contributed by atoms with Crippen LogP contribution in [0.4, 0.5) is 0 Å². The van der Waals surface area contributed by atoms with Gasteiger partial charge in [0.05, 0.1) is 24.6 Å². The summed E-state index contributed by atoms with van der Waals surface area (Å²) in [5, 5.41) is 11.0. The van der Waals surface area contributed by atoms with E-state index in [1.807, 2.05) is 54.9 Å². The van der Waals surface area contributed by atoms with E-state index in [1.54, 1.807) is 0 Å². The third kappa shape index (κ3) is 8.94. The molecule has 49 heavy (non-hydrogen) atoms. The number of carbonyl (C=O) groups excluding carboxylic acids is 2. The van der Waals surface area contributed by atoms with Crippen LogP contribution in [0.5, 0.6) is 0 Å². The number of carbonyl (C=O) groups is 2. The van der Waals surface area contributed by atoms with Crippen LogP contribution >= 0.6 is 0 Å². The van der Waals surface area contributed by atoms with E-state index in [1.165, 1.54) is 6.92 Å². The van der Waals surface area contributed by atoms with Crippen molar-refractivity contribution in [2.45, 2.75) is 118 Å². The van der Waals surface area contributed by atoms with Gasteiger partial charge in [-0.3, -0.25) is 9.69 Å². The Kier molecular flexibility index (Phi) is 13.5. The molecule has 2 aliphatic heterocycles. The van der Waals surface area contributed by atoms with Crippen LogP contribution in [0.3, 0.4) is 0 Å². The number of rotatable bonds is 11. The second-order valence-electron chi connectivity index (χ2n) is 12.7. The number of nitrogens with zero attached hydrogens (tertiary/aromatic N) is 4. The molecule has 1 saturated heterocycles. The normalized spacial score (nSPS) is 18.6. The van der Waals surface area contributed by atoms with Crippen molar-refractivity contribution in [3.8, 4) is 11.1 Å². The van der Waals surface area contributed by atoms with E-state index in [0.717, 1.165) is 90.6 Å². The smallest absolute Gasteiger partial charge is 0.331 e. The molecule has 1 spiro atoms. The van der Waals surface area contributed by atoms with Gasteiger partial charge in [0.2, 0.25) is 0 Å². The van der Waals surface area contributed by atoms with Crippen molar-refractivity contribution in [2.24, 2.45) is 10.3 Å². The van der Waals surface area contributed by atoms with Gasteiger partial charge in [0, 0.05) is 49.1 Å². The van der Waals surface area contributed by atoms with Gasteiger partial charge in [-0.25, -0.2) is 9.80 Å². The highest BCUT2D eigenvalue weighted by atomic mass is 16.7. The van der Waals surface area contributed by atoms with Crippen LogP contribution in [0.2, 0.25) is 0 Å². The molecule has 0 bridgehead atoms. The van der Waals surface area contributed by atoms with Crippen molar-refractivity contribution >= 4 is 23.3 Å². The number of hydrogen-bond donors (Lipinski definition) is 0. The Balaban J connectivity index is 0.00000265. The lowest BCUT2D eigenvalue weighted by atomic mass is 9.87. The Morgan fingerprint density at radius 1 is 0.980 bits per heavy atom. The molecule has 2 heterocycles. The second-order valence-corrected chi connectivity index (χ2v) is 12.7. The van der Waals surface area contributed by atoms with Crippen LogP contribution in [-0.4, -0.2) is 58.3 Å².